The molecule has 0 spiro atoms. The first-order valence-corrected chi connectivity index (χ1v) is 14.1. The van der Waals surface area contributed by atoms with Crippen molar-refractivity contribution in [2.45, 2.75) is 79.4 Å². The molecule has 1 aliphatic carbocycles. The van der Waals surface area contributed by atoms with Gasteiger partial charge in [0.15, 0.2) is 0 Å². The molecule has 42 heavy (non-hydrogen) atoms. The average molecular weight is 576 g/mol. The number of anilines is 3. The Labute approximate surface area is 247 Å². The summed E-state index contributed by atoms with van der Waals surface area (Å²) in [6.07, 6.45) is 4.96. The highest BCUT2D eigenvalue weighted by atomic mass is 16.6. The normalized spacial score (nSPS) is 15.4. The molecule has 0 unspecified atom stereocenters. The van der Waals surface area contributed by atoms with Gasteiger partial charge in [-0.3, -0.25) is 19.1 Å². The Morgan fingerprint density at radius 2 is 1.76 bits per heavy atom. The molecule has 2 aliphatic rings. The van der Waals surface area contributed by atoms with Gasteiger partial charge in [-0.15, -0.1) is 0 Å². The smallest absolute Gasteiger partial charge is 0.410 e. The van der Waals surface area contributed by atoms with E-state index in [9.17, 15) is 19.6 Å². The highest BCUT2D eigenvalue weighted by Gasteiger charge is 2.31. The molecular formula is C31H41N7O4. The van der Waals surface area contributed by atoms with Crippen molar-refractivity contribution in [3.05, 3.63) is 52.4 Å². The topological polar surface area (TPSA) is 133 Å². The van der Waals surface area contributed by atoms with Gasteiger partial charge in [-0.1, -0.05) is 34.1 Å². The van der Waals surface area contributed by atoms with Crippen molar-refractivity contribution in [2.75, 3.05) is 29.9 Å². The molecule has 2 fully saturated rings. The number of rotatable bonds is 4. The van der Waals surface area contributed by atoms with Crippen molar-refractivity contribution < 1.29 is 14.3 Å². The quantitative estimate of drug-likeness (QED) is 0.415. The van der Waals surface area contributed by atoms with Gasteiger partial charge in [-0.25, -0.2) is 9.78 Å². The number of benzene rings is 1. The first kappa shape index (κ1) is 32.1. The molecule has 2 aromatic heterocycles. The Morgan fingerprint density at radius 1 is 1.10 bits per heavy atom. The fraction of sp³-hybridized carbons (Fsp3) is 0.484. The molecule has 2 amide bonds. The van der Waals surface area contributed by atoms with E-state index in [0.29, 0.717) is 41.4 Å². The number of carbonyl (C=O) groups excluding carboxylic acids is 2. The minimum absolute atomic E-state index is 0. The van der Waals surface area contributed by atoms with Crippen molar-refractivity contribution in [3.63, 3.8) is 0 Å². The van der Waals surface area contributed by atoms with Crippen LogP contribution in [0.1, 0.15) is 79.3 Å². The number of nitrogens with one attached hydrogen (secondary N) is 1. The van der Waals surface area contributed by atoms with Crippen molar-refractivity contribution in [3.8, 4) is 6.07 Å². The minimum atomic E-state index is -0.623. The van der Waals surface area contributed by atoms with Crippen LogP contribution < -0.4 is 15.8 Å². The van der Waals surface area contributed by atoms with Crippen LogP contribution in [0.2, 0.25) is 0 Å². The van der Waals surface area contributed by atoms with E-state index in [0.717, 1.165) is 25.7 Å². The fourth-order valence-electron chi connectivity index (χ4n) is 5.04. The number of hydrogen-bond acceptors (Lipinski definition) is 8. The number of ether oxygens (including phenoxy) is 1. The molecule has 1 saturated carbocycles. The maximum atomic E-state index is 13.0. The number of fused-ring (bicyclic) bond motifs is 1. The Hall–Kier alpha value is -4.46. The Bertz CT molecular complexity index is 1510. The van der Waals surface area contributed by atoms with E-state index in [4.69, 9.17) is 4.74 Å². The van der Waals surface area contributed by atoms with E-state index in [1.54, 1.807) is 42.5 Å². The van der Waals surface area contributed by atoms with Gasteiger partial charge in [0.1, 0.15) is 29.4 Å². The SMILES string of the molecule is C.CC.CC(C)(C)OC(=O)N1CCN(c2ccc(Nc3ncc4cc(C#N)c(=O)n(C5CCCC5)c4n3)cc2)C(=O)C1. The summed E-state index contributed by atoms with van der Waals surface area (Å²) >= 11 is 0. The van der Waals surface area contributed by atoms with E-state index < -0.39 is 11.7 Å². The number of amides is 2. The third-order valence-electron chi connectivity index (χ3n) is 6.89. The van der Waals surface area contributed by atoms with Crippen molar-refractivity contribution in [1.29, 1.82) is 5.26 Å². The van der Waals surface area contributed by atoms with Gasteiger partial charge in [-0.2, -0.15) is 10.2 Å². The maximum Gasteiger partial charge on any atom is 0.410 e. The lowest BCUT2D eigenvalue weighted by Crippen LogP contribution is -2.53. The van der Waals surface area contributed by atoms with Crippen LogP contribution in [0.25, 0.3) is 11.0 Å². The van der Waals surface area contributed by atoms with Crippen LogP contribution in [0.5, 0.6) is 0 Å². The number of pyridine rings is 1. The second-order valence-corrected chi connectivity index (χ2v) is 10.9. The molecule has 0 atom stereocenters. The molecule has 0 radical (unpaired) electrons. The van der Waals surface area contributed by atoms with Gasteiger partial charge < -0.3 is 15.0 Å². The molecule has 3 heterocycles. The highest BCUT2D eigenvalue weighted by molar-refractivity contribution is 5.97. The summed E-state index contributed by atoms with van der Waals surface area (Å²) < 4.78 is 7.04. The second-order valence-electron chi connectivity index (χ2n) is 10.9. The molecular weight excluding hydrogens is 534 g/mol. The maximum absolute atomic E-state index is 13.0. The molecule has 1 aromatic carbocycles. The average Bonchev–Trinajstić information content (AvgIpc) is 3.48. The van der Waals surface area contributed by atoms with Crippen LogP contribution in [0.4, 0.5) is 22.1 Å². The van der Waals surface area contributed by atoms with Gasteiger partial charge in [0.25, 0.3) is 5.56 Å². The number of carbonyl (C=O) groups is 2. The Balaban J connectivity index is 0.00000158. The lowest BCUT2D eigenvalue weighted by Gasteiger charge is -2.35. The van der Waals surface area contributed by atoms with Crippen molar-refractivity contribution in [2.24, 2.45) is 0 Å². The van der Waals surface area contributed by atoms with E-state index in [1.165, 1.54) is 4.90 Å². The summed E-state index contributed by atoms with van der Waals surface area (Å²) in [5, 5.41) is 13.3. The predicted molar refractivity (Wildman–Crippen MR) is 164 cm³/mol. The van der Waals surface area contributed by atoms with Crippen LogP contribution in [-0.4, -0.2) is 56.7 Å². The van der Waals surface area contributed by atoms with Crippen LogP contribution in [0.3, 0.4) is 0 Å². The molecule has 1 N–H and O–H groups in total. The van der Waals surface area contributed by atoms with Gasteiger partial charge >= 0.3 is 6.09 Å². The van der Waals surface area contributed by atoms with Crippen molar-refractivity contribution >= 4 is 40.4 Å². The zero-order valence-electron chi connectivity index (χ0n) is 24.3. The summed E-state index contributed by atoms with van der Waals surface area (Å²) in [5.41, 5.74) is 1.09. The summed E-state index contributed by atoms with van der Waals surface area (Å²) in [6.45, 7) is 10.1. The van der Waals surface area contributed by atoms with Crippen LogP contribution >= 0.6 is 0 Å². The van der Waals surface area contributed by atoms with Gasteiger partial charge in [-0.05, 0) is 63.9 Å². The number of hydrogen-bond donors (Lipinski definition) is 1. The molecule has 1 saturated heterocycles. The molecule has 11 nitrogen and oxygen atoms in total. The lowest BCUT2D eigenvalue weighted by molar-refractivity contribution is -0.121. The summed E-state index contributed by atoms with van der Waals surface area (Å²) in [5.74, 6) is 0.139. The monoisotopic (exact) mass is 575 g/mol. The first-order chi connectivity index (χ1) is 19.6. The zero-order chi connectivity index (χ0) is 29.7. The zero-order valence-corrected chi connectivity index (χ0v) is 24.3. The summed E-state index contributed by atoms with van der Waals surface area (Å²) in [7, 11) is 0. The standard InChI is InChI=1S/C28H31N7O4.C2H6.CH4/c1-28(2,3)39-27(38)33-12-13-34(23(36)17-33)21-10-8-20(9-11-21)31-26-30-16-19-14-18(15-29)25(37)35(24(19)32-26)22-6-4-5-7-22;1-2;/h8-11,14,16,22H,4-7,12-13,17H2,1-3H3,(H,30,31,32);1-2H3;1H4. The number of aromatic nitrogens is 3. The van der Waals surface area contributed by atoms with E-state index in [-0.39, 0.29) is 37.0 Å². The van der Waals surface area contributed by atoms with Gasteiger partial charge in [0.2, 0.25) is 11.9 Å². The fourth-order valence-corrected chi connectivity index (χ4v) is 5.04. The highest BCUT2D eigenvalue weighted by Crippen LogP contribution is 2.31. The number of piperazine rings is 1. The number of nitrogens with zero attached hydrogens (tertiary/aromatic N) is 6. The minimum Gasteiger partial charge on any atom is -0.444 e. The third kappa shape index (κ3) is 7.05. The third-order valence-corrected chi connectivity index (χ3v) is 6.89. The van der Waals surface area contributed by atoms with Gasteiger partial charge in [0.05, 0.1) is 0 Å². The molecule has 0 bridgehead atoms. The first-order valence-electron chi connectivity index (χ1n) is 14.1. The molecule has 5 rings (SSSR count). The molecule has 224 valence electrons. The predicted octanol–water partition coefficient (Wildman–Crippen LogP) is 5.77. The van der Waals surface area contributed by atoms with E-state index >= 15 is 0 Å². The van der Waals surface area contributed by atoms with E-state index in [2.05, 4.69) is 15.3 Å². The summed E-state index contributed by atoms with van der Waals surface area (Å²) in [6, 6.07) is 10.8. The lowest BCUT2D eigenvalue weighted by atomic mass is 10.2. The van der Waals surface area contributed by atoms with Crippen LogP contribution in [-0.2, 0) is 9.53 Å². The largest absolute Gasteiger partial charge is 0.444 e. The van der Waals surface area contributed by atoms with E-state index in [1.807, 2.05) is 44.2 Å². The molecule has 11 heteroatoms. The second kappa shape index (κ2) is 13.5. The number of nitriles is 1. The van der Waals surface area contributed by atoms with Crippen LogP contribution in [0, 0.1) is 11.3 Å². The van der Waals surface area contributed by atoms with Gasteiger partial charge in [0, 0.05) is 42.1 Å². The van der Waals surface area contributed by atoms with Crippen molar-refractivity contribution in [1.82, 2.24) is 19.4 Å². The summed E-state index contributed by atoms with van der Waals surface area (Å²) in [4.78, 5) is 50.2. The molecule has 3 aromatic rings. The Kier molecular flexibility index (Phi) is 10.3. The van der Waals surface area contributed by atoms with Crippen LogP contribution in [0.15, 0.2) is 41.3 Å². The Morgan fingerprint density at radius 3 is 2.36 bits per heavy atom. The molecule has 1 aliphatic heterocycles.